The van der Waals surface area contributed by atoms with Crippen molar-refractivity contribution in [2.24, 2.45) is 5.92 Å². The summed E-state index contributed by atoms with van der Waals surface area (Å²) in [5.74, 6) is 0.705. The molecule has 1 aliphatic carbocycles. The van der Waals surface area contributed by atoms with Gasteiger partial charge in [0.15, 0.2) is 0 Å². The molecule has 1 saturated carbocycles. The van der Waals surface area contributed by atoms with Crippen molar-refractivity contribution in [1.29, 1.82) is 0 Å². The molecule has 2 fully saturated rings. The first-order valence-corrected chi connectivity index (χ1v) is 9.36. The van der Waals surface area contributed by atoms with Crippen LogP contribution in [0.15, 0.2) is 24.3 Å². The maximum atomic E-state index is 13.0. The Morgan fingerprint density at radius 1 is 1.17 bits per heavy atom. The molecule has 0 N–H and O–H groups in total. The third-order valence-corrected chi connectivity index (χ3v) is 6.20. The zero-order valence-corrected chi connectivity index (χ0v) is 14.1. The minimum absolute atomic E-state index is 0.0995. The summed E-state index contributed by atoms with van der Waals surface area (Å²) in [6.07, 6.45) is 4.44. The Hall–Kier alpha value is -1.46. The van der Waals surface area contributed by atoms with Crippen molar-refractivity contribution in [2.45, 2.75) is 31.6 Å². The van der Waals surface area contributed by atoms with Gasteiger partial charge in [0.05, 0.1) is 28.4 Å². The molecule has 1 aromatic heterocycles. The largest absolute Gasteiger partial charge is 0.378 e. The predicted octanol–water partition coefficient (Wildman–Crippen LogP) is 3.43. The number of para-hydroxylation sites is 1. The van der Waals surface area contributed by atoms with Gasteiger partial charge in [-0.3, -0.25) is 4.79 Å². The van der Waals surface area contributed by atoms with Crippen LogP contribution < -0.4 is 0 Å². The highest BCUT2D eigenvalue weighted by Gasteiger charge is 2.36. The van der Waals surface area contributed by atoms with Gasteiger partial charge in [-0.15, -0.1) is 11.3 Å². The van der Waals surface area contributed by atoms with E-state index in [1.54, 1.807) is 11.3 Å². The third kappa shape index (κ3) is 3.00. The van der Waals surface area contributed by atoms with Gasteiger partial charge in [-0.05, 0) is 25.0 Å². The summed E-state index contributed by atoms with van der Waals surface area (Å²) in [6, 6.07) is 8.28. The molecule has 5 heteroatoms. The summed E-state index contributed by atoms with van der Waals surface area (Å²) in [5, 5.41) is 1.15. The van der Waals surface area contributed by atoms with E-state index in [-0.39, 0.29) is 11.8 Å². The Kier molecular flexibility index (Phi) is 4.31. The van der Waals surface area contributed by atoms with E-state index < -0.39 is 0 Å². The van der Waals surface area contributed by atoms with Crippen LogP contribution in [0, 0.1) is 5.92 Å². The molecule has 1 saturated heterocycles. The van der Waals surface area contributed by atoms with Crippen molar-refractivity contribution in [1.82, 2.24) is 9.88 Å². The summed E-state index contributed by atoms with van der Waals surface area (Å²) < 4.78 is 6.61. The number of morpholine rings is 1. The van der Waals surface area contributed by atoms with E-state index >= 15 is 0 Å². The second-order valence-corrected chi connectivity index (χ2v) is 7.52. The molecule has 122 valence electrons. The summed E-state index contributed by atoms with van der Waals surface area (Å²) >= 11 is 1.77. The Morgan fingerprint density at radius 2 is 1.96 bits per heavy atom. The lowest BCUT2D eigenvalue weighted by molar-refractivity contribution is -0.141. The van der Waals surface area contributed by atoms with E-state index in [0.717, 1.165) is 42.9 Å². The van der Waals surface area contributed by atoms with Crippen LogP contribution in [0.2, 0.25) is 0 Å². The second kappa shape index (κ2) is 6.57. The van der Waals surface area contributed by atoms with Gasteiger partial charge in [0.1, 0.15) is 0 Å². The monoisotopic (exact) mass is 330 g/mol. The molecule has 4 nitrogen and oxygen atoms in total. The van der Waals surface area contributed by atoms with Gasteiger partial charge in [0.2, 0.25) is 5.91 Å². The van der Waals surface area contributed by atoms with Gasteiger partial charge in [0, 0.05) is 24.9 Å². The second-order valence-electron chi connectivity index (χ2n) is 6.45. The van der Waals surface area contributed by atoms with E-state index in [1.807, 2.05) is 11.0 Å². The molecule has 0 radical (unpaired) electrons. The number of ether oxygens (including phenoxy) is 1. The maximum Gasteiger partial charge on any atom is 0.226 e. The van der Waals surface area contributed by atoms with E-state index in [9.17, 15) is 4.79 Å². The molecule has 4 rings (SSSR count). The number of fused-ring (bicyclic) bond motifs is 1. The molecule has 2 aliphatic rings. The molecule has 2 aromatic rings. The summed E-state index contributed by atoms with van der Waals surface area (Å²) in [6.45, 7) is 2.82. The molecule has 0 bridgehead atoms. The normalized spacial score (nSPS) is 25.7. The van der Waals surface area contributed by atoms with E-state index in [0.29, 0.717) is 19.1 Å². The number of nitrogens with zero attached hydrogens (tertiary/aromatic N) is 2. The number of rotatable bonds is 2. The van der Waals surface area contributed by atoms with Crippen LogP contribution in [-0.4, -0.2) is 42.1 Å². The van der Waals surface area contributed by atoms with Crippen LogP contribution in [0.3, 0.4) is 0 Å². The van der Waals surface area contributed by atoms with Gasteiger partial charge in [-0.2, -0.15) is 0 Å². The number of thiazole rings is 1. The average Bonchev–Trinajstić information content (AvgIpc) is 3.06. The number of benzene rings is 1. The summed E-state index contributed by atoms with van der Waals surface area (Å²) in [7, 11) is 0. The fraction of sp³-hybridized carbons (Fsp3) is 0.556. The highest BCUT2D eigenvalue weighted by atomic mass is 32.1. The van der Waals surface area contributed by atoms with Crippen LogP contribution in [0.5, 0.6) is 0 Å². The number of aromatic nitrogens is 1. The van der Waals surface area contributed by atoms with Crippen molar-refractivity contribution in [3.8, 4) is 0 Å². The molecule has 2 heterocycles. The van der Waals surface area contributed by atoms with E-state index in [1.165, 1.54) is 11.1 Å². The summed E-state index contributed by atoms with van der Waals surface area (Å²) in [4.78, 5) is 19.8. The number of carbonyl (C=O) groups is 1. The first-order chi connectivity index (χ1) is 11.3. The zero-order chi connectivity index (χ0) is 15.6. The van der Waals surface area contributed by atoms with Crippen LogP contribution in [-0.2, 0) is 9.53 Å². The predicted molar refractivity (Wildman–Crippen MR) is 91.7 cm³/mol. The molecular weight excluding hydrogens is 308 g/mol. The molecular formula is C18H22N2O2S. The SMILES string of the molecule is O=C([C@H]1CCCC[C@@H]1c1nc2ccccc2s1)N1CCOCC1. The van der Waals surface area contributed by atoms with E-state index in [2.05, 4.69) is 18.2 Å². The highest BCUT2D eigenvalue weighted by molar-refractivity contribution is 7.18. The number of carbonyl (C=O) groups excluding carboxylic acids is 1. The molecule has 23 heavy (non-hydrogen) atoms. The number of hydrogen-bond acceptors (Lipinski definition) is 4. The van der Waals surface area contributed by atoms with Crippen LogP contribution in [0.25, 0.3) is 10.2 Å². The Bertz CT molecular complexity index is 660. The van der Waals surface area contributed by atoms with Gasteiger partial charge in [-0.1, -0.05) is 25.0 Å². The van der Waals surface area contributed by atoms with Crippen LogP contribution >= 0.6 is 11.3 Å². The average molecular weight is 330 g/mol. The van der Waals surface area contributed by atoms with Crippen molar-refractivity contribution in [2.75, 3.05) is 26.3 Å². The molecule has 1 aromatic carbocycles. The van der Waals surface area contributed by atoms with Gasteiger partial charge >= 0.3 is 0 Å². The lowest BCUT2D eigenvalue weighted by Gasteiger charge is -2.35. The standard InChI is InChI=1S/C18H22N2O2S/c21-18(20-9-11-22-12-10-20)14-6-2-1-5-13(14)17-19-15-7-3-4-8-16(15)23-17/h3-4,7-8,13-14H,1-2,5-6,9-12H2/t13-,14-/m0/s1. The maximum absolute atomic E-state index is 13.0. The number of amides is 1. The highest BCUT2D eigenvalue weighted by Crippen LogP contribution is 2.41. The Labute approximate surface area is 140 Å². The zero-order valence-electron chi connectivity index (χ0n) is 13.2. The fourth-order valence-electron chi connectivity index (χ4n) is 3.79. The lowest BCUT2D eigenvalue weighted by atomic mass is 9.78. The molecule has 2 atom stereocenters. The topological polar surface area (TPSA) is 42.4 Å². The first kappa shape index (κ1) is 15.1. The first-order valence-electron chi connectivity index (χ1n) is 8.55. The Balaban J connectivity index is 1.60. The quantitative estimate of drug-likeness (QED) is 0.847. The summed E-state index contributed by atoms with van der Waals surface area (Å²) in [5.41, 5.74) is 1.07. The van der Waals surface area contributed by atoms with Crippen molar-refractivity contribution >= 4 is 27.5 Å². The molecule has 1 amide bonds. The minimum atomic E-state index is 0.0995. The Morgan fingerprint density at radius 3 is 2.78 bits per heavy atom. The van der Waals surface area contributed by atoms with Crippen LogP contribution in [0.4, 0.5) is 0 Å². The molecule has 1 aliphatic heterocycles. The van der Waals surface area contributed by atoms with Crippen molar-refractivity contribution < 1.29 is 9.53 Å². The lowest BCUT2D eigenvalue weighted by Crippen LogP contribution is -2.45. The molecule has 0 spiro atoms. The number of hydrogen-bond donors (Lipinski definition) is 0. The van der Waals surface area contributed by atoms with Crippen molar-refractivity contribution in [3.63, 3.8) is 0 Å². The molecule has 0 unspecified atom stereocenters. The smallest absolute Gasteiger partial charge is 0.226 e. The van der Waals surface area contributed by atoms with E-state index in [4.69, 9.17) is 9.72 Å². The van der Waals surface area contributed by atoms with Crippen LogP contribution in [0.1, 0.15) is 36.6 Å². The van der Waals surface area contributed by atoms with Gasteiger partial charge < -0.3 is 9.64 Å². The minimum Gasteiger partial charge on any atom is -0.378 e. The fourth-order valence-corrected chi connectivity index (χ4v) is 4.96. The van der Waals surface area contributed by atoms with Crippen molar-refractivity contribution in [3.05, 3.63) is 29.3 Å². The third-order valence-electron chi connectivity index (χ3n) is 5.03. The van der Waals surface area contributed by atoms with Gasteiger partial charge in [-0.25, -0.2) is 4.98 Å². The van der Waals surface area contributed by atoms with Gasteiger partial charge in [0.25, 0.3) is 0 Å².